The zero-order chi connectivity index (χ0) is 31.2. The van der Waals surface area contributed by atoms with E-state index in [1.165, 1.54) is 11.1 Å². The number of furan rings is 1. The molecule has 0 amide bonds. The smallest absolute Gasteiger partial charge is 0.227 e. The van der Waals surface area contributed by atoms with Gasteiger partial charge in [-0.05, 0) is 70.8 Å². The van der Waals surface area contributed by atoms with Gasteiger partial charge in [0.2, 0.25) is 5.89 Å². The van der Waals surface area contributed by atoms with E-state index in [-0.39, 0.29) is 0 Å². The third kappa shape index (κ3) is 4.75. The van der Waals surface area contributed by atoms with Crippen molar-refractivity contribution in [1.82, 2.24) is 4.98 Å². The Morgan fingerprint density at radius 3 is 1.72 bits per heavy atom. The van der Waals surface area contributed by atoms with Gasteiger partial charge in [-0.1, -0.05) is 115 Å². The van der Waals surface area contributed by atoms with Crippen LogP contribution in [0.25, 0.3) is 66.7 Å². The molecular weight excluding hydrogens is 576 g/mol. The summed E-state index contributed by atoms with van der Waals surface area (Å²) in [5.41, 5.74) is 11.5. The Labute approximate surface area is 271 Å². The molecule has 47 heavy (non-hydrogen) atoms. The molecule has 0 bridgehead atoms. The van der Waals surface area contributed by atoms with E-state index in [2.05, 4.69) is 108 Å². The molecule has 0 fully saturated rings. The molecule has 0 saturated heterocycles. The summed E-state index contributed by atoms with van der Waals surface area (Å²) < 4.78 is 13.1. The molecule has 7 aromatic carbocycles. The van der Waals surface area contributed by atoms with Gasteiger partial charge in [-0.2, -0.15) is 0 Å². The van der Waals surface area contributed by atoms with Crippen molar-refractivity contribution in [3.8, 4) is 33.7 Å². The zero-order valence-electron chi connectivity index (χ0n) is 25.4. The lowest BCUT2D eigenvalue weighted by Crippen LogP contribution is -2.10. The van der Waals surface area contributed by atoms with Crippen LogP contribution in [0.15, 0.2) is 179 Å². The van der Waals surface area contributed by atoms with Crippen LogP contribution in [0.3, 0.4) is 0 Å². The maximum atomic E-state index is 6.69. The molecule has 0 N–H and O–H groups in total. The molecule has 0 saturated carbocycles. The Balaban J connectivity index is 1.26. The highest BCUT2D eigenvalue weighted by atomic mass is 16.4. The number of benzene rings is 7. The van der Waals surface area contributed by atoms with E-state index in [9.17, 15) is 0 Å². The summed E-state index contributed by atoms with van der Waals surface area (Å²) in [7, 11) is 0. The van der Waals surface area contributed by atoms with E-state index in [0.717, 1.165) is 61.2 Å². The molecule has 2 heterocycles. The molecule has 0 atom stereocenters. The fourth-order valence-corrected chi connectivity index (χ4v) is 6.46. The minimum absolute atomic E-state index is 0.570. The van der Waals surface area contributed by atoms with Gasteiger partial charge in [-0.25, -0.2) is 4.98 Å². The maximum absolute atomic E-state index is 6.69. The lowest BCUT2D eigenvalue weighted by atomic mass is 9.99. The first-order valence-corrected chi connectivity index (χ1v) is 15.7. The Kier molecular flexibility index (Phi) is 6.43. The molecule has 9 aromatic rings. The van der Waals surface area contributed by atoms with E-state index in [1.54, 1.807) is 0 Å². The van der Waals surface area contributed by atoms with Crippen molar-refractivity contribution >= 4 is 50.1 Å². The van der Waals surface area contributed by atoms with Crippen LogP contribution in [0.4, 0.5) is 17.1 Å². The summed E-state index contributed by atoms with van der Waals surface area (Å²) >= 11 is 0. The van der Waals surface area contributed by atoms with Crippen molar-refractivity contribution in [3.63, 3.8) is 0 Å². The highest BCUT2D eigenvalue weighted by molar-refractivity contribution is 6.20. The van der Waals surface area contributed by atoms with Gasteiger partial charge >= 0.3 is 0 Å². The number of hydrogen-bond acceptors (Lipinski definition) is 4. The van der Waals surface area contributed by atoms with Crippen LogP contribution in [-0.2, 0) is 0 Å². The van der Waals surface area contributed by atoms with E-state index >= 15 is 0 Å². The third-order valence-electron chi connectivity index (χ3n) is 8.68. The van der Waals surface area contributed by atoms with Crippen molar-refractivity contribution in [2.45, 2.75) is 0 Å². The number of rotatable bonds is 6. The van der Waals surface area contributed by atoms with E-state index in [1.807, 2.05) is 66.7 Å². The van der Waals surface area contributed by atoms with Gasteiger partial charge in [0.15, 0.2) is 5.58 Å². The first kappa shape index (κ1) is 27.0. The highest BCUT2D eigenvalue weighted by Gasteiger charge is 2.26. The number of aromatic nitrogens is 1. The van der Waals surface area contributed by atoms with Crippen LogP contribution < -0.4 is 4.90 Å². The van der Waals surface area contributed by atoms with Crippen molar-refractivity contribution in [2.75, 3.05) is 4.90 Å². The molecule has 222 valence electrons. The van der Waals surface area contributed by atoms with Crippen LogP contribution in [0.2, 0.25) is 0 Å². The number of anilines is 3. The predicted molar refractivity (Wildman–Crippen MR) is 192 cm³/mol. The van der Waals surface area contributed by atoms with Crippen molar-refractivity contribution in [1.29, 1.82) is 0 Å². The van der Waals surface area contributed by atoms with Crippen molar-refractivity contribution in [2.24, 2.45) is 0 Å². The highest BCUT2D eigenvalue weighted by Crippen LogP contribution is 2.48. The first-order chi connectivity index (χ1) is 23.3. The lowest BCUT2D eigenvalue weighted by molar-refractivity contribution is 0.620. The minimum Gasteiger partial charge on any atom is -0.456 e. The Morgan fingerprint density at radius 2 is 1.00 bits per heavy atom. The predicted octanol–water partition coefficient (Wildman–Crippen LogP) is 12.2. The Bertz CT molecular complexity index is 2500. The SMILES string of the molecule is c1ccc(-c2cccc(-c3ccc(N(c4ccccc4)c4c5oc(-c6ccccc6)nc5cc5oc6ccccc6c45)cc3)c2)cc1. The summed E-state index contributed by atoms with van der Waals surface area (Å²) in [6.45, 7) is 0. The summed E-state index contributed by atoms with van der Waals surface area (Å²) in [5.74, 6) is 0.570. The molecule has 4 nitrogen and oxygen atoms in total. The quantitative estimate of drug-likeness (QED) is 0.189. The number of oxazole rings is 1. The topological polar surface area (TPSA) is 42.4 Å². The van der Waals surface area contributed by atoms with Crippen molar-refractivity contribution in [3.05, 3.63) is 170 Å². The first-order valence-electron chi connectivity index (χ1n) is 15.7. The molecule has 0 radical (unpaired) electrons. The molecule has 0 aliphatic heterocycles. The Morgan fingerprint density at radius 1 is 0.426 bits per heavy atom. The number of hydrogen-bond donors (Lipinski definition) is 0. The monoisotopic (exact) mass is 604 g/mol. The zero-order valence-corrected chi connectivity index (χ0v) is 25.4. The van der Waals surface area contributed by atoms with Crippen LogP contribution in [0, 0.1) is 0 Å². The summed E-state index contributed by atoms with van der Waals surface area (Å²) in [6.07, 6.45) is 0. The summed E-state index contributed by atoms with van der Waals surface area (Å²) in [5, 5.41) is 2.00. The fourth-order valence-electron chi connectivity index (χ4n) is 6.46. The van der Waals surface area contributed by atoms with Crippen LogP contribution >= 0.6 is 0 Å². The fraction of sp³-hybridized carbons (Fsp3) is 0. The molecule has 2 aromatic heterocycles. The molecule has 0 spiro atoms. The summed E-state index contributed by atoms with van der Waals surface area (Å²) in [6, 6.07) is 58.5. The second-order valence-corrected chi connectivity index (χ2v) is 11.6. The van der Waals surface area contributed by atoms with Gasteiger partial charge in [0.25, 0.3) is 0 Å². The molecule has 0 aliphatic carbocycles. The summed E-state index contributed by atoms with van der Waals surface area (Å²) in [4.78, 5) is 7.23. The van der Waals surface area contributed by atoms with Gasteiger partial charge < -0.3 is 13.7 Å². The molecule has 0 aliphatic rings. The van der Waals surface area contributed by atoms with Crippen LogP contribution in [0.1, 0.15) is 0 Å². The number of para-hydroxylation sites is 2. The molecular formula is C43H28N2O2. The second kappa shape index (κ2) is 11.2. The van der Waals surface area contributed by atoms with Gasteiger partial charge in [0.1, 0.15) is 22.4 Å². The minimum atomic E-state index is 0.570. The standard InChI is InChI=1S/C43H28N2O2/c1-4-13-29(14-5-1)32-17-12-18-33(27-32)30-23-25-35(26-24-30)45(34-19-8-3-9-20-34)41-40-36-21-10-11-22-38(36)46-39(40)28-37-42(41)47-43(44-37)31-15-6-2-7-16-31/h1-28H. The van der Waals surface area contributed by atoms with Gasteiger partial charge in [-0.3, -0.25) is 0 Å². The van der Waals surface area contributed by atoms with E-state index < -0.39 is 0 Å². The van der Waals surface area contributed by atoms with E-state index in [0.29, 0.717) is 11.5 Å². The van der Waals surface area contributed by atoms with E-state index in [4.69, 9.17) is 13.8 Å². The Hall–Kier alpha value is -6.39. The van der Waals surface area contributed by atoms with Gasteiger partial charge in [0, 0.05) is 28.4 Å². The van der Waals surface area contributed by atoms with Crippen LogP contribution in [-0.4, -0.2) is 4.98 Å². The molecule has 9 rings (SSSR count). The average molecular weight is 605 g/mol. The number of nitrogens with zero attached hydrogens (tertiary/aromatic N) is 2. The van der Waals surface area contributed by atoms with Gasteiger partial charge in [0.05, 0.1) is 5.39 Å². The third-order valence-corrected chi connectivity index (χ3v) is 8.68. The largest absolute Gasteiger partial charge is 0.456 e. The number of fused-ring (bicyclic) bond motifs is 4. The average Bonchev–Trinajstić information content (AvgIpc) is 3.75. The van der Waals surface area contributed by atoms with Gasteiger partial charge in [-0.15, -0.1) is 0 Å². The van der Waals surface area contributed by atoms with Crippen molar-refractivity contribution < 1.29 is 8.83 Å². The lowest BCUT2D eigenvalue weighted by Gasteiger charge is -2.26. The maximum Gasteiger partial charge on any atom is 0.227 e. The molecule has 0 unspecified atom stereocenters. The molecule has 4 heteroatoms. The normalized spacial score (nSPS) is 11.4. The second-order valence-electron chi connectivity index (χ2n) is 11.6. The van der Waals surface area contributed by atoms with Crippen LogP contribution in [0.5, 0.6) is 0 Å².